The standard InChI is InChI=1S/C22H25F3N4O2/c1-2-11-29-20(30)17-19(27-18(26-17)15-8-4-3-5-9-15)28-21(29)31-13-14-7-6-10-16(12-14)22(23,24)25/h6-7,10,12,15H,2-5,8-9,11,13H2,1H3,(H,26,27). The van der Waals surface area contributed by atoms with Crippen LogP contribution in [0.2, 0.25) is 0 Å². The molecule has 2 heterocycles. The molecule has 1 N–H and O–H groups in total. The maximum absolute atomic E-state index is 13.1. The highest BCUT2D eigenvalue weighted by molar-refractivity contribution is 5.70. The smallest absolute Gasteiger partial charge is 0.416 e. The molecule has 0 spiro atoms. The summed E-state index contributed by atoms with van der Waals surface area (Å²) in [5.74, 6) is 1.06. The van der Waals surface area contributed by atoms with Crippen molar-refractivity contribution in [2.45, 2.75) is 70.7 Å². The average Bonchev–Trinajstić information content (AvgIpc) is 3.19. The molecular weight excluding hydrogens is 409 g/mol. The minimum atomic E-state index is -4.43. The van der Waals surface area contributed by atoms with Gasteiger partial charge in [-0.1, -0.05) is 38.3 Å². The molecule has 1 aliphatic carbocycles. The lowest BCUT2D eigenvalue weighted by molar-refractivity contribution is -0.137. The van der Waals surface area contributed by atoms with Crippen molar-refractivity contribution in [3.8, 4) is 6.01 Å². The molecule has 9 heteroatoms. The van der Waals surface area contributed by atoms with Crippen LogP contribution in [0.3, 0.4) is 0 Å². The van der Waals surface area contributed by atoms with Crippen molar-refractivity contribution in [1.82, 2.24) is 19.5 Å². The number of H-pyrrole nitrogens is 1. The predicted octanol–water partition coefficient (Wildman–Crippen LogP) is 5.18. The van der Waals surface area contributed by atoms with Crippen molar-refractivity contribution >= 4 is 11.2 Å². The second-order valence-corrected chi connectivity index (χ2v) is 7.99. The van der Waals surface area contributed by atoms with Crippen molar-refractivity contribution in [2.75, 3.05) is 0 Å². The van der Waals surface area contributed by atoms with Crippen molar-refractivity contribution in [1.29, 1.82) is 0 Å². The van der Waals surface area contributed by atoms with Gasteiger partial charge in [-0.05, 0) is 37.0 Å². The molecule has 0 aliphatic heterocycles. The van der Waals surface area contributed by atoms with Crippen molar-refractivity contribution in [2.24, 2.45) is 0 Å². The van der Waals surface area contributed by atoms with Crippen LogP contribution in [0.25, 0.3) is 11.2 Å². The summed E-state index contributed by atoms with van der Waals surface area (Å²) in [6, 6.07) is 5.00. The third-order valence-corrected chi connectivity index (χ3v) is 5.66. The number of hydrogen-bond donors (Lipinski definition) is 1. The minimum Gasteiger partial charge on any atom is -0.460 e. The fraction of sp³-hybridized carbons (Fsp3) is 0.500. The van der Waals surface area contributed by atoms with E-state index < -0.39 is 11.7 Å². The number of benzene rings is 1. The Kier molecular flexibility index (Phi) is 6.02. The van der Waals surface area contributed by atoms with E-state index in [1.807, 2.05) is 6.92 Å². The van der Waals surface area contributed by atoms with E-state index in [1.165, 1.54) is 17.1 Å². The molecule has 1 saturated carbocycles. The summed E-state index contributed by atoms with van der Waals surface area (Å²) >= 11 is 0. The summed E-state index contributed by atoms with van der Waals surface area (Å²) in [5.41, 5.74) is -0.0395. The molecule has 0 atom stereocenters. The molecule has 0 amide bonds. The molecule has 166 valence electrons. The van der Waals surface area contributed by atoms with E-state index in [1.54, 1.807) is 6.07 Å². The first-order valence-corrected chi connectivity index (χ1v) is 10.7. The molecule has 0 bridgehead atoms. The van der Waals surface area contributed by atoms with Gasteiger partial charge in [-0.25, -0.2) is 4.98 Å². The highest BCUT2D eigenvalue weighted by Crippen LogP contribution is 2.32. The zero-order chi connectivity index (χ0) is 22.0. The summed E-state index contributed by atoms with van der Waals surface area (Å²) in [6.07, 6.45) is 1.80. The number of aromatic amines is 1. The summed E-state index contributed by atoms with van der Waals surface area (Å²) < 4.78 is 46.0. The maximum atomic E-state index is 13.1. The summed E-state index contributed by atoms with van der Waals surface area (Å²) in [6.45, 7) is 2.18. The molecule has 0 unspecified atom stereocenters. The Hall–Kier alpha value is -2.84. The SMILES string of the molecule is CCCn1c(OCc2cccc(C(F)(F)F)c2)nc2nc(C3CCCCC3)[nH]c2c1=O. The number of aromatic nitrogens is 4. The van der Waals surface area contributed by atoms with Crippen molar-refractivity contribution in [3.05, 3.63) is 51.6 Å². The Labute approximate surface area is 177 Å². The van der Waals surface area contributed by atoms with E-state index in [4.69, 9.17) is 4.74 Å². The number of alkyl halides is 3. The van der Waals surface area contributed by atoms with Gasteiger partial charge in [0.1, 0.15) is 12.4 Å². The number of fused-ring (bicyclic) bond motifs is 1. The molecular formula is C22H25F3N4O2. The van der Waals surface area contributed by atoms with Gasteiger partial charge < -0.3 is 9.72 Å². The normalized spacial score (nSPS) is 15.5. The molecule has 1 aliphatic rings. The number of imidazole rings is 1. The van der Waals surface area contributed by atoms with Gasteiger partial charge in [-0.3, -0.25) is 9.36 Å². The first-order valence-electron chi connectivity index (χ1n) is 10.7. The van der Waals surface area contributed by atoms with Crippen LogP contribution in [0.5, 0.6) is 6.01 Å². The monoisotopic (exact) mass is 434 g/mol. The van der Waals surface area contributed by atoms with E-state index in [9.17, 15) is 18.0 Å². The molecule has 0 saturated heterocycles. The van der Waals surface area contributed by atoms with E-state index in [-0.39, 0.29) is 29.7 Å². The molecule has 0 radical (unpaired) electrons. The second-order valence-electron chi connectivity index (χ2n) is 7.99. The number of nitrogens with one attached hydrogen (secondary N) is 1. The Balaban J connectivity index is 1.64. The zero-order valence-corrected chi connectivity index (χ0v) is 17.3. The number of hydrogen-bond acceptors (Lipinski definition) is 4. The number of rotatable bonds is 6. The Morgan fingerprint density at radius 2 is 1.97 bits per heavy atom. The van der Waals surface area contributed by atoms with E-state index >= 15 is 0 Å². The third-order valence-electron chi connectivity index (χ3n) is 5.66. The summed E-state index contributed by atoms with van der Waals surface area (Å²) in [7, 11) is 0. The van der Waals surface area contributed by atoms with E-state index in [0.29, 0.717) is 24.0 Å². The van der Waals surface area contributed by atoms with Crippen LogP contribution in [0, 0.1) is 0 Å². The molecule has 1 aromatic carbocycles. The Morgan fingerprint density at radius 3 is 2.68 bits per heavy atom. The van der Waals surface area contributed by atoms with Gasteiger partial charge in [-0.15, -0.1) is 0 Å². The average molecular weight is 434 g/mol. The molecule has 2 aromatic heterocycles. The summed E-state index contributed by atoms with van der Waals surface area (Å²) in [5, 5.41) is 0. The molecule has 4 rings (SSSR count). The van der Waals surface area contributed by atoms with Crippen LogP contribution >= 0.6 is 0 Å². The summed E-state index contributed by atoms with van der Waals surface area (Å²) in [4.78, 5) is 25.2. The quantitative estimate of drug-likeness (QED) is 0.581. The zero-order valence-electron chi connectivity index (χ0n) is 17.3. The minimum absolute atomic E-state index is 0.0680. The Bertz CT molecular complexity index is 1110. The second kappa shape index (κ2) is 8.72. The van der Waals surface area contributed by atoms with E-state index in [0.717, 1.165) is 43.6 Å². The molecule has 6 nitrogen and oxygen atoms in total. The van der Waals surface area contributed by atoms with Crippen LogP contribution in [0.4, 0.5) is 13.2 Å². The van der Waals surface area contributed by atoms with Gasteiger partial charge in [0.05, 0.1) is 5.56 Å². The highest BCUT2D eigenvalue weighted by atomic mass is 19.4. The number of halogens is 3. The Morgan fingerprint density at radius 1 is 1.19 bits per heavy atom. The fourth-order valence-electron chi connectivity index (χ4n) is 4.07. The lowest BCUT2D eigenvalue weighted by Gasteiger charge is -2.18. The van der Waals surface area contributed by atoms with Crippen LogP contribution in [-0.2, 0) is 19.3 Å². The van der Waals surface area contributed by atoms with Crippen LogP contribution in [-0.4, -0.2) is 19.5 Å². The van der Waals surface area contributed by atoms with Gasteiger partial charge in [0.25, 0.3) is 5.56 Å². The predicted molar refractivity (Wildman–Crippen MR) is 110 cm³/mol. The maximum Gasteiger partial charge on any atom is 0.416 e. The van der Waals surface area contributed by atoms with Crippen molar-refractivity contribution in [3.63, 3.8) is 0 Å². The largest absolute Gasteiger partial charge is 0.460 e. The highest BCUT2D eigenvalue weighted by Gasteiger charge is 2.30. The van der Waals surface area contributed by atoms with Gasteiger partial charge in [0.2, 0.25) is 0 Å². The number of nitrogens with zero attached hydrogens (tertiary/aromatic N) is 3. The van der Waals surface area contributed by atoms with Crippen LogP contribution < -0.4 is 10.3 Å². The van der Waals surface area contributed by atoms with Gasteiger partial charge in [0, 0.05) is 12.5 Å². The topological polar surface area (TPSA) is 72.8 Å². The molecule has 1 fully saturated rings. The molecule has 3 aromatic rings. The number of ether oxygens (including phenoxy) is 1. The third kappa shape index (κ3) is 4.60. The van der Waals surface area contributed by atoms with Crippen LogP contribution in [0.1, 0.15) is 68.3 Å². The van der Waals surface area contributed by atoms with Gasteiger partial charge in [-0.2, -0.15) is 18.2 Å². The van der Waals surface area contributed by atoms with Gasteiger partial charge >= 0.3 is 12.2 Å². The lowest BCUT2D eigenvalue weighted by Crippen LogP contribution is -2.23. The van der Waals surface area contributed by atoms with E-state index in [2.05, 4.69) is 15.0 Å². The molecule has 31 heavy (non-hydrogen) atoms. The van der Waals surface area contributed by atoms with Gasteiger partial charge in [0.15, 0.2) is 11.2 Å². The first kappa shape index (κ1) is 21.4. The lowest BCUT2D eigenvalue weighted by atomic mass is 9.89. The first-order chi connectivity index (χ1) is 14.9. The van der Waals surface area contributed by atoms with Crippen LogP contribution in [0.15, 0.2) is 29.1 Å². The fourth-order valence-corrected chi connectivity index (χ4v) is 4.07. The van der Waals surface area contributed by atoms with Crippen molar-refractivity contribution < 1.29 is 17.9 Å².